The first-order chi connectivity index (χ1) is 11.6. The van der Waals surface area contributed by atoms with Gasteiger partial charge in [0.25, 0.3) is 0 Å². The van der Waals surface area contributed by atoms with Gasteiger partial charge in [-0.05, 0) is 36.4 Å². The Bertz CT molecular complexity index is 719. The number of amides is 3. The summed E-state index contributed by atoms with van der Waals surface area (Å²) >= 11 is 0. The van der Waals surface area contributed by atoms with E-state index in [9.17, 15) is 14.0 Å². The quantitative estimate of drug-likeness (QED) is 0.907. The van der Waals surface area contributed by atoms with E-state index in [1.54, 1.807) is 4.90 Å². The van der Waals surface area contributed by atoms with Crippen molar-refractivity contribution in [2.45, 2.75) is 6.42 Å². The molecule has 0 aliphatic carbocycles. The number of nitrogens with zero attached hydrogens (tertiary/aromatic N) is 1. The third kappa shape index (κ3) is 3.90. The van der Waals surface area contributed by atoms with Crippen molar-refractivity contribution in [3.63, 3.8) is 0 Å². The van der Waals surface area contributed by atoms with Crippen molar-refractivity contribution in [3.8, 4) is 0 Å². The Morgan fingerprint density at radius 3 is 2.54 bits per heavy atom. The Morgan fingerprint density at radius 2 is 1.83 bits per heavy atom. The van der Waals surface area contributed by atoms with Gasteiger partial charge in [-0.15, -0.1) is 0 Å². The maximum atomic E-state index is 12.8. The lowest BCUT2D eigenvalue weighted by Gasteiger charge is -2.17. The summed E-state index contributed by atoms with van der Waals surface area (Å²) in [7, 11) is 0. The van der Waals surface area contributed by atoms with Gasteiger partial charge in [0.1, 0.15) is 5.82 Å². The summed E-state index contributed by atoms with van der Waals surface area (Å²) < 4.78 is 12.8. The van der Waals surface area contributed by atoms with Gasteiger partial charge < -0.3 is 15.5 Å². The monoisotopic (exact) mass is 327 g/mol. The predicted octanol–water partition coefficient (Wildman–Crippen LogP) is 3.00. The van der Waals surface area contributed by atoms with Gasteiger partial charge in [0.15, 0.2) is 0 Å². The average molecular weight is 327 g/mol. The van der Waals surface area contributed by atoms with Crippen LogP contribution in [-0.4, -0.2) is 25.0 Å². The van der Waals surface area contributed by atoms with E-state index < -0.39 is 0 Å². The molecule has 1 saturated heterocycles. The summed E-state index contributed by atoms with van der Waals surface area (Å²) in [5.41, 5.74) is 1.39. The van der Waals surface area contributed by atoms with Crippen LogP contribution in [0, 0.1) is 11.7 Å². The molecule has 6 heteroatoms. The summed E-state index contributed by atoms with van der Waals surface area (Å²) in [5.74, 6) is -0.227. The maximum Gasteiger partial charge on any atom is 0.319 e. The number of para-hydroxylation sites is 1. The van der Waals surface area contributed by atoms with Crippen LogP contribution in [0.2, 0.25) is 0 Å². The second-order valence-corrected chi connectivity index (χ2v) is 5.75. The molecule has 2 N–H and O–H groups in total. The molecule has 24 heavy (non-hydrogen) atoms. The molecule has 1 fully saturated rings. The molecular formula is C18H18FN3O2. The van der Waals surface area contributed by atoms with Crippen molar-refractivity contribution in [2.24, 2.45) is 5.92 Å². The molecule has 1 aliphatic rings. The highest BCUT2D eigenvalue weighted by Gasteiger charge is 2.30. The number of anilines is 2. The van der Waals surface area contributed by atoms with Crippen molar-refractivity contribution < 1.29 is 14.0 Å². The number of rotatable bonds is 4. The van der Waals surface area contributed by atoms with Crippen LogP contribution in [0.3, 0.4) is 0 Å². The summed E-state index contributed by atoms with van der Waals surface area (Å²) in [4.78, 5) is 25.7. The third-order valence-corrected chi connectivity index (χ3v) is 3.93. The van der Waals surface area contributed by atoms with Crippen LogP contribution in [0.5, 0.6) is 0 Å². The maximum absolute atomic E-state index is 12.8. The highest BCUT2D eigenvalue weighted by molar-refractivity contribution is 5.96. The molecular weight excluding hydrogens is 309 g/mol. The van der Waals surface area contributed by atoms with E-state index in [1.165, 1.54) is 24.3 Å². The second kappa shape index (κ2) is 7.12. The molecule has 124 valence electrons. The highest BCUT2D eigenvalue weighted by Crippen LogP contribution is 2.24. The molecule has 0 spiro atoms. The highest BCUT2D eigenvalue weighted by atomic mass is 19.1. The van der Waals surface area contributed by atoms with Crippen molar-refractivity contribution >= 4 is 23.3 Å². The Labute approximate surface area is 139 Å². The molecule has 3 amide bonds. The molecule has 0 radical (unpaired) electrons. The van der Waals surface area contributed by atoms with Crippen LogP contribution >= 0.6 is 0 Å². The fourth-order valence-electron chi connectivity index (χ4n) is 2.72. The summed E-state index contributed by atoms with van der Waals surface area (Å²) in [6.07, 6.45) is 0.408. The first kappa shape index (κ1) is 16.0. The van der Waals surface area contributed by atoms with Crippen LogP contribution in [0.15, 0.2) is 54.6 Å². The molecule has 3 rings (SSSR count). The van der Waals surface area contributed by atoms with E-state index in [0.29, 0.717) is 25.2 Å². The molecule has 0 bridgehead atoms. The fourth-order valence-corrected chi connectivity index (χ4v) is 2.72. The summed E-state index contributed by atoms with van der Waals surface area (Å²) in [6.45, 7) is 0.988. The standard InChI is InChI=1S/C18H18FN3O2/c19-14-6-8-15(9-7-14)21-18(24)20-11-13-10-17(23)22(12-13)16-4-2-1-3-5-16/h1-9,13H,10-12H2,(H2,20,21,24)/t13-/m0/s1. The van der Waals surface area contributed by atoms with Gasteiger partial charge in [0.05, 0.1) is 0 Å². The van der Waals surface area contributed by atoms with Crippen molar-refractivity contribution in [2.75, 3.05) is 23.3 Å². The van der Waals surface area contributed by atoms with E-state index in [0.717, 1.165) is 5.69 Å². The molecule has 0 unspecified atom stereocenters. The molecule has 2 aromatic carbocycles. The van der Waals surface area contributed by atoms with Crippen LogP contribution < -0.4 is 15.5 Å². The first-order valence-electron chi connectivity index (χ1n) is 7.77. The number of nitrogens with one attached hydrogen (secondary N) is 2. The van der Waals surface area contributed by atoms with E-state index in [1.807, 2.05) is 30.3 Å². The van der Waals surface area contributed by atoms with Gasteiger partial charge in [-0.1, -0.05) is 18.2 Å². The summed E-state index contributed by atoms with van der Waals surface area (Å²) in [5, 5.41) is 5.39. The van der Waals surface area contributed by atoms with Crippen molar-refractivity contribution in [1.82, 2.24) is 5.32 Å². The van der Waals surface area contributed by atoms with Gasteiger partial charge in [0.2, 0.25) is 5.91 Å². The minimum atomic E-state index is -0.368. The zero-order chi connectivity index (χ0) is 16.9. The van der Waals surface area contributed by atoms with Gasteiger partial charge in [-0.2, -0.15) is 0 Å². The Balaban J connectivity index is 1.49. The van der Waals surface area contributed by atoms with Crippen LogP contribution in [0.25, 0.3) is 0 Å². The Kier molecular flexibility index (Phi) is 4.74. The summed E-state index contributed by atoms with van der Waals surface area (Å²) in [6, 6.07) is 14.7. The number of urea groups is 1. The number of halogens is 1. The van der Waals surface area contributed by atoms with E-state index in [-0.39, 0.29) is 23.7 Å². The van der Waals surface area contributed by atoms with Crippen molar-refractivity contribution in [1.29, 1.82) is 0 Å². The SMILES string of the molecule is O=C(NC[C@@H]1CC(=O)N(c2ccccc2)C1)Nc1ccc(F)cc1. The lowest BCUT2D eigenvalue weighted by molar-refractivity contribution is -0.117. The van der Waals surface area contributed by atoms with Crippen molar-refractivity contribution in [3.05, 3.63) is 60.4 Å². The normalized spacial score (nSPS) is 17.0. The van der Waals surface area contributed by atoms with Crippen LogP contribution in [-0.2, 0) is 4.79 Å². The Morgan fingerprint density at radius 1 is 1.12 bits per heavy atom. The van der Waals surface area contributed by atoms with Gasteiger partial charge in [-0.25, -0.2) is 9.18 Å². The minimum Gasteiger partial charge on any atom is -0.338 e. The van der Waals surface area contributed by atoms with E-state index >= 15 is 0 Å². The zero-order valence-electron chi connectivity index (χ0n) is 13.0. The predicted molar refractivity (Wildman–Crippen MR) is 90.3 cm³/mol. The molecule has 2 aromatic rings. The molecule has 5 nitrogen and oxygen atoms in total. The zero-order valence-corrected chi connectivity index (χ0v) is 13.0. The second-order valence-electron chi connectivity index (χ2n) is 5.75. The van der Waals surface area contributed by atoms with E-state index in [4.69, 9.17) is 0 Å². The average Bonchev–Trinajstić information content (AvgIpc) is 2.97. The number of carbonyl (C=O) groups excluding carboxylic acids is 2. The number of hydrogen-bond acceptors (Lipinski definition) is 2. The number of benzene rings is 2. The molecule has 0 aromatic heterocycles. The molecule has 1 aliphatic heterocycles. The first-order valence-corrected chi connectivity index (χ1v) is 7.77. The Hall–Kier alpha value is -2.89. The number of hydrogen-bond donors (Lipinski definition) is 2. The lowest BCUT2D eigenvalue weighted by atomic mass is 10.1. The van der Waals surface area contributed by atoms with Gasteiger partial charge >= 0.3 is 6.03 Å². The largest absolute Gasteiger partial charge is 0.338 e. The van der Waals surface area contributed by atoms with Crippen LogP contribution in [0.4, 0.5) is 20.6 Å². The third-order valence-electron chi connectivity index (χ3n) is 3.93. The van der Waals surface area contributed by atoms with Crippen LogP contribution in [0.1, 0.15) is 6.42 Å². The smallest absolute Gasteiger partial charge is 0.319 e. The molecule has 0 saturated carbocycles. The minimum absolute atomic E-state index is 0.0620. The topological polar surface area (TPSA) is 61.4 Å². The molecule has 1 atom stereocenters. The number of carbonyl (C=O) groups is 2. The molecule has 1 heterocycles. The van der Waals surface area contributed by atoms with E-state index in [2.05, 4.69) is 10.6 Å². The van der Waals surface area contributed by atoms with Gasteiger partial charge in [-0.3, -0.25) is 4.79 Å². The van der Waals surface area contributed by atoms with Gasteiger partial charge in [0, 0.05) is 36.8 Å². The lowest BCUT2D eigenvalue weighted by Crippen LogP contribution is -2.34. The fraction of sp³-hybridized carbons (Fsp3) is 0.222.